The van der Waals surface area contributed by atoms with Crippen molar-refractivity contribution in [3.63, 3.8) is 0 Å². The van der Waals surface area contributed by atoms with E-state index < -0.39 is 5.97 Å². The van der Waals surface area contributed by atoms with Gasteiger partial charge in [0, 0.05) is 29.7 Å². The van der Waals surface area contributed by atoms with Crippen molar-refractivity contribution in [2.75, 3.05) is 13.2 Å². The Hall–Kier alpha value is -1.92. The number of rotatable bonds is 4. The number of hydrogen-bond donors (Lipinski definition) is 1. The van der Waals surface area contributed by atoms with E-state index in [1.807, 2.05) is 12.3 Å². The van der Waals surface area contributed by atoms with Gasteiger partial charge in [0.05, 0.1) is 12.1 Å². The highest BCUT2D eigenvalue weighted by Gasteiger charge is 2.21. The first-order valence-corrected chi connectivity index (χ1v) is 8.13. The molecule has 0 atom stereocenters. The average Bonchev–Trinajstić information content (AvgIpc) is 2.85. The number of carboxylic acid groups (broad SMARTS) is 1. The summed E-state index contributed by atoms with van der Waals surface area (Å²) in [6.45, 7) is 4.73. The Morgan fingerprint density at radius 3 is 3.09 bits per heavy atom. The smallest absolute Gasteiger partial charge is 0.336 e. The number of fused-ring (bicyclic) bond motifs is 1. The molecule has 1 aliphatic heterocycles. The molecule has 2 heterocycles. The molecule has 0 unspecified atom stereocenters. The lowest BCUT2D eigenvalue weighted by Crippen LogP contribution is -2.25. The number of thiazole rings is 1. The largest absolute Gasteiger partial charge is 0.492 e. The molecule has 0 saturated carbocycles. The van der Waals surface area contributed by atoms with Crippen molar-refractivity contribution < 1.29 is 14.6 Å². The summed E-state index contributed by atoms with van der Waals surface area (Å²) in [7, 11) is 0. The Bertz CT molecular complexity index is 684. The topological polar surface area (TPSA) is 62.7 Å². The molecule has 0 saturated heterocycles. The Morgan fingerprint density at radius 2 is 2.36 bits per heavy atom. The van der Waals surface area contributed by atoms with Crippen molar-refractivity contribution in [1.29, 1.82) is 0 Å². The van der Waals surface area contributed by atoms with Gasteiger partial charge in [0.2, 0.25) is 0 Å². The maximum atomic E-state index is 11.4. The van der Waals surface area contributed by atoms with E-state index in [0.717, 1.165) is 30.1 Å². The second kappa shape index (κ2) is 6.46. The summed E-state index contributed by atoms with van der Waals surface area (Å²) in [6.07, 6.45) is 2.91. The molecule has 1 aliphatic rings. The highest BCUT2D eigenvalue weighted by Crippen LogP contribution is 2.27. The summed E-state index contributed by atoms with van der Waals surface area (Å²) < 4.78 is 5.71. The van der Waals surface area contributed by atoms with Gasteiger partial charge in [0.15, 0.2) is 0 Å². The fourth-order valence-electron chi connectivity index (χ4n) is 2.56. The molecule has 0 bridgehead atoms. The number of benzene rings is 1. The first-order valence-electron chi connectivity index (χ1n) is 7.31. The molecular formula is C16H18N2O3S. The predicted octanol–water partition coefficient (Wildman–Crippen LogP) is 2.80. The molecule has 0 amide bonds. The number of hydrogen-bond acceptors (Lipinski definition) is 5. The second-order valence-corrected chi connectivity index (χ2v) is 6.42. The third-order valence-corrected chi connectivity index (χ3v) is 4.85. The second-order valence-electron chi connectivity index (χ2n) is 5.22. The van der Waals surface area contributed by atoms with Gasteiger partial charge in [0.25, 0.3) is 0 Å². The number of carbonyl (C=O) groups is 1. The molecule has 0 radical (unpaired) electrons. The quantitative estimate of drug-likeness (QED) is 0.939. The van der Waals surface area contributed by atoms with E-state index in [1.54, 1.807) is 23.5 Å². The van der Waals surface area contributed by atoms with E-state index in [9.17, 15) is 9.90 Å². The van der Waals surface area contributed by atoms with Crippen LogP contribution in [0, 0.1) is 0 Å². The van der Waals surface area contributed by atoms with Crippen LogP contribution in [-0.2, 0) is 19.5 Å². The number of ether oxygens (including phenoxy) is 1. The molecular weight excluding hydrogens is 300 g/mol. The fraction of sp³-hybridized carbons (Fsp3) is 0.375. The number of aryl methyl sites for hydroxylation is 1. The summed E-state index contributed by atoms with van der Waals surface area (Å²) >= 11 is 1.72. The predicted molar refractivity (Wildman–Crippen MR) is 84.5 cm³/mol. The minimum Gasteiger partial charge on any atom is -0.492 e. The third-order valence-electron chi connectivity index (χ3n) is 3.72. The van der Waals surface area contributed by atoms with Gasteiger partial charge < -0.3 is 9.84 Å². The van der Waals surface area contributed by atoms with Gasteiger partial charge >= 0.3 is 5.97 Å². The van der Waals surface area contributed by atoms with Gasteiger partial charge in [-0.25, -0.2) is 9.78 Å². The Kier molecular flexibility index (Phi) is 4.40. The van der Waals surface area contributed by atoms with Crippen LogP contribution in [0.1, 0.15) is 32.7 Å². The Labute approximate surface area is 133 Å². The minimum absolute atomic E-state index is 0.317. The van der Waals surface area contributed by atoms with Gasteiger partial charge in [-0.2, -0.15) is 0 Å². The monoisotopic (exact) mass is 318 g/mol. The van der Waals surface area contributed by atoms with Gasteiger partial charge in [-0.1, -0.05) is 13.0 Å². The zero-order valence-corrected chi connectivity index (χ0v) is 13.2. The van der Waals surface area contributed by atoms with Crippen LogP contribution < -0.4 is 4.74 Å². The molecule has 6 heteroatoms. The summed E-state index contributed by atoms with van der Waals surface area (Å²) in [6, 6.07) is 5.20. The summed E-state index contributed by atoms with van der Waals surface area (Å²) in [5.74, 6) is -0.236. The molecule has 1 aromatic heterocycles. The van der Waals surface area contributed by atoms with Crippen molar-refractivity contribution >= 4 is 17.3 Å². The lowest BCUT2D eigenvalue weighted by atomic mass is 10.1. The highest BCUT2D eigenvalue weighted by atomic mass is 32.1. The molecule has 1 N–H and O–H groups in total. The highest BCUT2D eigenvalue weighted by molar-refractivity contribution is 7.11. The van der Waals surface area contributed by atoms with Crippen LogP contribution >= 0.6 is 11.3 Å². The number of aromatic carboxylic acids is 1. The van der Waals surface area contributed by atoms with Crippen molar-refractivity contribution in [3.05, 3.63) is 45.4 Å². The first-order chi connectivity index (χ1) is 10.7. The molecule has 0 aliphatic carbocycles. The average molecular weight is 318 g/mol. The molecule has 22 heavy (non-hydrogen) atoms. The minimum atomic E-state index is -0.912. The van der Waals surface area contributed by atoms with Crippen molar-refractivity contribution in [1.82, 2.24) is 9.88 Å². The normalized spacial score (nSPS) is 15.0. The zero-order chi connectivity index (χ0) is 15.5. The van der Waals surface area contributed by atoms with E-state index >= 15 is 0 Å². The Balaban J connectivity index is 1.82. The standard InChI is InChI=1S/C16H18N2O3S/c1-2-11-8-17-15(22-11)10-18-6-7-21-14-5-3-4-12(16(19)20)13(14)9-18/h3-5,8H,2,6-7,9-10H2,1H3,(H,19,20). The summed E-state index contributed by atoms with van der Waals surface area (Å²) in [5, 5.41) is 10.4. The van der Waals surface area contributed by atoms with Gasteiger partial charge in [0.1, 0.15) is 17.4 Å². The van der Waals surface area contributed by atoms with Gasteiger partial charge in [-0.05, 0) is 18.6 Å². The lowest BCUT2D eigenvalue weighted by molar-refractivity contribution is 0.0694. The van der Waals surface area contributed by atoms with Crippen molar-refractivity contribution in [3.8, 4) is 5.75 Å². The zero-order valence-electron chi connectivity index (χ0n) is 12.4. The Morgan fingerprint density at radius 1 is 1.50 bits per heavy atom. The van der Waals surface area contributed by atoms with Crippen LogP contribution in [0.3, 0.4) is 0 Å². The van der Waals surface area contributed by atoms with Gasteiger partial charge in [-0.15, -0.1) is 11.3 Å². The van der Waals surface area contributed by atoms with E-state index in [2.05, 4.69) is 16.8 Å². The first kappa shape index (κ1) is 15.0. The van der Waals surface area contributed by atoms with Crippen molar-refractivity contribution in [2.24, 2.45) is 0 Å². The maximum absolute atomic E-state index is 11.4. The fourth-order valence-corrected chi connectivity index (χ4v) is 3.47. The van der Waals surface area contributed by atoms with Crippen LogP contribution in [0.25, 0.3) is 0 Å². The van der Waals surface area contributed by atoms with E-state index in [1.165, 1.54) is 4.88 Å². The molecule has 0 spiro atoms. The number of aromatic nitrogens is 1. The maximum Gasteiger partial charge on any atom is 0.336 e. The molecule has 3 rings (SSSR count). The van der Waals surface area contributed by atoms with Crippen LogP contribution in [0.2, 0.25) is 0 Å². The van der Waals surface area contributed by atoms with E-state index in [4.69, 9.17) is 4.74 Å². The molecule has 0 fully saturated rings. The summed E-state index contributed by atoms with van der Waals surface area (Å²) in [5.41, 5.74) is 1.07. The number of carboxylic acids is 1. The summed E-state index contributed by atoms with van der Waals surface area (Å²) in [4.78, 5) is 19.3. The molecule has 1 aromatic carbocycles. The van der Waals surface area contributed by atoms with Crippen LogP contribution in [0.15, 0.2) is 24.4 Å². The van der Waals surface area contributed by atoms with Gasteiger partial charge in [-0.3, -0.25) is 4.90 Å². The molecule has 116 valence electrons. The van der Waals surface area contributed by atoms with Crippen LogP contribution in [0.4, 0.5) is 0 Å². The van der Waals surface area contributed by atoms with Crippen LogP contribution in [-0.4, -0.2) is 34.1 Å². The molecule has 5 nitrogen and oxygen atoms in total. The SMILES string of the molecule is CCc1cnc(CN2CCOc3cccc(C(=O)O)c3C2)s1. The number of nitrogens with zero attached hydrogens (tertiary/aromatic N) is 2. The lowest BCUT2D eigenvalue weighted by Gasteiger charge is -2.18. The molecule has 2 aromatic rings. The third kappa shape index (κ3) is 3.13. The van der Waals surface area contributed by atoms with Crippen LogP contribution in [0.5, 0.6) is 5.75 Å². The van der Waals surface area contributed by atoms with E-state index in [0.29, 0.717) is 24.5 Å². The van der Waals surface area contributed by atoms with E-state index in [-0.39, 0.29) is 0 Å². The van der Waals surface area contributed by atoms with Crippen molar-refractivity contribution in [2.45, 2.75) is 26.4 Å².